The van der Waals surface area contributed by atoms with Crippen molar-refractivity contribution in [1.82, 2.24) is 19.9 Å². The topological polar surface area (TPSA) is 120 Å². The molecule has 0 aliphatic heterocycles. The zero-order chi connectivity index (χ0) is 85.6. The fourth-order valence-corrected chi connectivity index (χ4v) is 15.4. The SMILES string of the molecule is Cc1ccc2c(oc3nc4ccccc4cc32)c1-c1ccc(C(C)(C)C)c[n+]1C.[2H]C([2H])([2H])c1c[n+](C)c(-c2c(C)ccc3c2oc2nc4ccccc4cc23)cc1C.[2H]C([2H])([2H])c1cc(C)c(-c2cccc[n+]2C)c2oc3nc4ccccc4cc3c12.[2H]C([2H])([2H])c1ccc(-c2c(C)cc(C([2H])([2H])[2H])c3c2oc2nc4ccccc4cc23)[n+](C)c1. The van der Waals surface area contributed by atoms with Crippen LogP contribution in [0.25, 0.3) is 177 Å². The molecule has 0 saturated heterocycles. The standard InChI is InChI=1S/C26H25N2O.2C24H21N2O.C23H19N2O/c1-16-10-12-19-20-14-17-8-6-7-9-21(17)27-25(20)29-24(19)23(16)22-13-11-18(15-28(22)5)26(2,3)4;1-14-9-10-18-19-12-17-7-5-6-8-20(17)25-24(19)27-23(18)22(14)21-11-15(2)16(3)13-26(21)4;1-14-9-10-20(26(4)13-14)22-16(3)11-15(2)21-18-12-17-7-5-6-8-19(17)25-24(18)27-23(21)22;1-14-12-15(2)21(19-10-6-7-11-25(19)3)22-20(14)17-13-16-8-4-5-9-18(16)24-23(17)26-22/h6-15H,1-5H3;2*5-13H,1-4H3;4-13H,1-3H3/q4*+1/i;3D3;1D3,2D3;1D3. The minimum Gasteiger partial charge on any atom is -0.437 e. The second-order valence-corrected chi connectivity index (χ2v) is 29.6. The first-order valence-electron chi connectivity index (χ1n) is 42.3. The number of nitrogens with zero attached hydrogens (tertiary/aromatic N) is 8. The van der Waals surface area contributed by atoms with Gasteiger partial charge in [0, 0.05) is 128 Å². The minimum absolute atomic E-state index is 0.112. The van der Waals surface area contributed by atoms with E-state index in [1.165, 1.54) is 11.1 Å². The van der Waals surface area contributed by atoms with Crippen molar-refractivity contribution in [2.45, 2.75) is 88.2 Å². The molecule has 534 valence electrons. The Hall–Kier alpha value is -12.8. The molecule has 8 aromatic carbocycles. The highest BCUT2D eigenvalue weighted by atomic mass is 16.4. The summed E-state index contributed by atoms with van der Waals surface area (Å²) in [6.45, 7) is 7.51. The Morgan fingerprint density at radius 2 is 0.697 bits per heavy atom. The van der Waals surface area contributed by atoms with Gasteiger partial charge in [0.05, 0.1) is 44.3 Å². The Morgan fingerprint density at radius 1 is 0.303 bits per heavy atom. The maximum absolute atomic E-state index is 8.15. The summed E-state index contributed by atoms with van der Waals surface area (Å²) in [5.74, 6) is 0. The van der Waals surface area contributed by atoms with Gasteiger partial charge in [-0.3, -0.25) is 0 Å². The van der Waals surface area contributed by atoms with E-state index in [4.69, 9.17) is 44.1 Å². The molecular formula is C97H86N8O4+4. The summed E-state index contributed by atoms with van der Waals surface area (Å²) in [5.41, 5.74) is 22.7. The maximum atomic E-state index is 8.15. The molecule has 0 unspecified atom stereocenters. The highest BCUT2D eigenvalue weighted by Gasteiger charge is 2.29. The third-order valence-corrected chi connectivity index (χ3v) is 21.1. The molecule has 20 rings (SSSR count). The van der Waals surface area contributed by atoms with Crippen LogP contribution in [0.15, 0.2) is 249 Å². The molecule has 0 fully saturated rings. The van der Waals surface area contributed by atoms with Gasteiger partial charge in [-0.2, -0.15) is 0 Å². The van der Waals surface area contributed by atoms with Gasteiger partial charge in [-0.1, -0.05) is 130 Å². The zero-order valence-electron chi connectivity index (χ0n) is 74.7. The van der Waals surface area contributed by atoms with Crippen LogP contribution in [-0.2, 0) is 33.6 Å². The third-order valence-electron chi connectivity index (χ3n) is 21.1. The summed E-state index contributed by atoms with van der Waals surface area (Å²) in [4.78, 5) is 18.8. The molecule has 0 N–H and O–H groups in total. The van der Waals surface area contributed by atoms with Crippen molar-refractivity contribution in [3.05, 3.63) is 287 Å². The van der Waals surface area contributed by atoms with Gasteiger partial charge in [-0.15, -0.1) is 0 Å². The fraction of sp³-hybridized carbons (Fsp3) is 0.175. The molecule has 0 radical (unpaired) electrons. The Labute approximate surface area is 649 Å². The van der Waals surface area contributed by atoms with Gasteiger partial charge in [0.15, 0.2) is 47.1 Å². The fourth-order valence-electron chi connectivity index (χ4n) is 15.4. The van der Waals surface area contributed by atoms with Crippen LogP contribution in [-0.4, -0.2) is 19.9 Å². The molecule has 0 bridgehead atoms. The first-order valence-corrected chi connectivity index (χ1v) is 36.3. The zero-order valence-corrected chi connectivity index (χ0v) is 62.7. The molecule has 0 spiro atoms. The van der Waals surface area contributed by atoms with Crippen LogP contribution < -0.4 is 18.3 Å². The van der Waals surface area contributed by atoms with E-state index in [0.29, 0.717) is 72.6 Å². The summed E-state index contributed by atoms with van der Waals surface area (Å²) < 4.78 is 128. The van der Waals surface area contributed by atoms with Crippen LogP contribution in [0.5, 0.6) is 0 Å². The summed E-state index contributed by atoms with van der Waals surface area (Å²) in [6, 6.07) is 67.3. The minimum atomic E-state index is -2.35. The van der Waals surface area contributed by atoms with Crippen molar-refractivity contribution in [2.75, 3.05) is 0 Å². The number of aromatic nitrogens is 8. The predicted molar refractivity (Wildman–Crippen MR) is 444 cm³/mol. The van der Waals surface area contributed by atoms with Gasteiger partial charge in [0.2, 0.25) is 45.6 Å². The first-order chi connectivity index (χ1) is 57.4. The monoisotopic (exact) mass is 1440 g/mol. The summed E-state index contributed by atoms with van der Waals surface area (Å²) in [6.07, 6.45) is 7.46. The molecule has 0 saturated carbocycles. The van der Waals surface area contributed by atoms with Gasteiger partial charge in [0.25, 0.3) is 0 Å². The normalized spacial score (nSPS) is 13.9. The molecule has 0 aliphatic carbocycles. The number of hydrogen-bond acceptors (Lipinski definition) is 8. The molecule has 12 heterocycles. The van der Waals surface area contributed by atoms with Crippen molar-refractivity contribution < 1.29 is 52.4 Å². The van der Waals surface area contributed by atoms with E-state index < -0.39 is 27.4 Å². The summed E-state index contributed by atoms with van der Waals surface area (Å²) in [7, 11) is 7.71. The number of fused-ring (bicyclic) bond motifs is 16. The number of aryl methyl sites for hydroxylation is 13. The highest BCUT2D eigenvalue weighted by Crippen LogP contribution is 2.44. The molecule has 12 aromatic heterocycles. The summed E-state index contributed by atoms with van der Waals surface area (Å²) in [5, 5.41) is 10.7. The molecule has 0 atom stereocenters. The smallest absolute Gasteiger partial charge is 0.227 e. The number of rotatable bonds is 4. The Morgan fingerprint density at radius 3 is 1.14 bits per heavy atom. The number of hydrogen-bond donors (Lipinski definition) is 0. The number of para-hydroxylation sites is 4. The second-order valence-electron chi connectivity index (χ2n) is 29.6. The second kappa shape index (κ2) is 26.9. The lowest BCUT2D eigenvalue weighted by atomic mass is 9.88. The van der Waals surface area contributed by atoms with Crippen LogP contribution in [0, 0.1) is 62.0 Å². The predicted octanol–water partition coefficient (Wildman–Crippen LogP) is 22.6. The van der Waals surface area contributed by atoms with E-state index in [1.807, 2.05) is 185 Å². The van der Waals surface area contributed by atoms with Gasteiger partial charge in [0.1, 0.15) is 28.2 Å². The van der Waals surface area contributed by atoms with Crippen molar-refractivity contribution in [2.24, 2.45) is 28.2 Å². The van der Waals surface area contributed by atoms with Crippen LogP contribution in [0.2, 0.25) is 0 Å². The van der Waals surface area contributed by atoms with Crippen LogP contribution in [0.4, 0.5) is 0 Å². The molecule has 20 aromatic rings. The number of furan rings is 4. The number of pyridine rings is 8. The molecule has 109 heavy (non-hydrogen) atoms. The van der Waals surface area contributed by atoms with Gasteiger partial charge >= 0.3 is 0 Å². The van der Waals surface area contributed by atoms with Gasteiger partial charge in [-0.25, -0.2) is 38.2 Å². The van der Waals surface area contributed by atoms with Crippen molar-refractivity contribution in [1.29, 1.82) is 0 Å². The van der Waals surface area contributed by atoms with E-state index >= 15 is 0 Å². The first kappa shape index (κ1) is 56.5. The Bertz CT molecular complexity index is 7650. The largest absolute Gasteiger partial charge is 0.437 e. The van der Waals surface area contributed by atoms with E-state index in [-0.39, 0.29) is 16.5 Å². The van der Waals surface area contributed by atoms with E-state index in [1.54, 1.807) is 48.3 Å². The lowest BCUT2D eigenvalue weighted by Gasteiger charge is -2.17. The maximum Gasteiger partial charge on any atom is 0.227 e. The van der Waals surface area contributed by atoms with E-state index in [9.17, 15) is 0 Å². The van der Waals surface area contributed by atoms with Crippen molar-refractivity contribution in [3.8, 4) is 45.0 Å². The third kappa shape index (κ3) is 12.2. The molecular weight excluding hydrogens is 1340 g/mol. The van der Waals surface area contributed by atoms with Gasteiger partial charge in [-0.05, 0) is 173 Å². The van der Waals surface area contributed by atoms with Crippen LogP contribution in [0.1, 0.15) is 92.9 Å². The molecule has 0 aliphatic rings. The lowest BCUT2D eigenvalue weighted by molar-refractivity contribution is -0.661. The number of benzene rings is 8. The van der Waals surface area contributed by atoms with Crippen molar-refractivity contribution in [3.63, 3.8) is 0 Å². The lowest BCUT2D eigenvalue weighted by Crippen LogP contribution is -2.33. The average Bonchev–Trinajstić information content (AvgIpc) is 1.60. The van der Waals surface area contributed by atoms with E-state index in [0.717, 1.165) is 138 Å². The Kier molecular flexibility index (Phi) is 14.0. The van der Waals surface area contributed by atoms with Crippen molar-refractivity contribution >= 4 is 132 Å². The highest BCUT2D eigenvalue weighted by molar-refractivity contribution is 6.16. The molecule has 12 nitrogen and oxygen atoms in total. The summed E-state index contributed by atoms with van der Waals surface area (Å²) >= 11 is 0. The molecule has 12 heteroatoms. The quantitative estimate of drug-likeness (QED) is 0.160. The van der Waals surface area contributed by atoms with Crippen LogP contribution in [0.3, 0.4) is 0 Å². The Balaban J connectivity index is 0.000000115. The van der Waals surface area contributed by atoms with E-state index in [2.05, 4.69) is 110 Å². The van der Waals surface area contributed by atoms with Gasteiger partial charge < -0.3 is 17.7 Å². The average molecular weight is 1440 g/mol. The van der Waals surface area contributed by atoms with Crippen LogP contribution >= 0.6 is 0 Å². The molecule has 0 amide bonds.